The predicted molar refractivity (Wildman–Crippen MR) is 104 cm³/mol. The summed E-state index contributed by atoms with van der Waals surface area (Å²) in [7, 11) is 0. The van der Waals surface area contributed by atoms with E-state index in [-0.39, 0.29) is 31.8 Å². The van der Waals surface area contributed by atoms with E-state index in [0.29, 0.717) is 35.0 Å². The summed E-state index contributed by atoms with van der Waals surface area (Å²) in [6.45, 7) is 2.18. The van der Waals surface area contributed by atoms with Gasteiger partial charge in [0, 0.05) is 49.2 Å². The van der Waals surface area contributed by atoms with Gasteiger partial charge < -0.3 is 9.42 Å². The van der Waals surface area contributed by atoms with Gasteiger partial charge in [-0.2, -0.15) is 4.98 Å². The van der Waals surface area contributed by atoms with Crippen LogP contribution in [-0.4, -0.2) is 39.8 Å². The lowest BCUT2D eigenvalue weighted by Crippen LogP contribution is -2.40. The molecule has 0 atom stereocenters. The number of hydrogen-bond acceptors (Lipinski definition) is 5. The summed E-state index contributed by atoms with van der Waals surface area (Å²) in [5.74, 6) is -4.31. The lowest BCUT2D eigenvalue weighted by atomic mass is 9.88. The van der Waals surface area contributed by atoms with Crippen LogP contribution in [0.5, 0.6) is 0 Å². The molecule has 1 aliphatic heterocycles. The molecule has 2 heterocycles. The Morgan fingerprint density at radius 2 is 1.74 bits per heavy atom. The number of Topliss-reactive ketones (excluding diaryl/α,β-unsaturated/α-hetero) is 1. The minimum absolute atomic E-state index is 0.230. The van der Waals surface area contributed by atoms with E-state index in [9.17, 15) is 22.8 Å². The predicted octanol–water partition coefficient (Wildman–Crippen LogP) is 4.20. The molecule has 160 valence electrons. The van der Waals surface area contributed by atoms with E-state index < -0.39 is 34.7 Å². The fourth-order valence-corrected chi connectivity index (χ4v) is 3.72. The van der Waals surface area contributed by atoms with Crippen molar-refractivity contribution >= 4 is 11.7 Å². The fourth-order valence-electron chi connectivity index (χ4n) is 3.72. The Balaban J connectivity index is 1.44. The molecule has 2 aromatic carbocycles. The van der Waals surface area contributed by atoms with Gasteiger partial charge in [0.2, 0.25) is 11.7 Å². The SMILES string of the molecule is Cc1nc(-c2cccc(C(=O)N3CCC(C(=O)c4c(F)cc(F)cc4F)CC3)c2)no1. The molecule has 0 aliphatic carbocycles. The molecule has 4 rings (SSSR count). The molecule has 0 spiro atoms. The van der Waals surface area contributed by atoms with Crippen molar-refractivity contribution in [3.63, 3.8) is 0 Å². The summed E-state index contributed by atoms with van der Waals surface area (Å²) < 4.78 is 46.0. The molecule has 1 aromatic heterocycles. The van der Waals surface area contributed by atoms with Crippen LogP contribution in [-0.2, 0) is 0 Å². The van der Waals surface area contributed by atoms with Gasteiger partial charge in [-0.25, -0.2) is 13.2 Å². The van der Waals surface area contributed by atoms with Crippen LogP contribution in [0.15, 0.2) is 40.9 Å². The summed E-state index contributed by atoms with van der Waals surface area (Å²) in [5, 5.41) is 3.84. The van der Waals surface area contributed by atoms with Crippen LogP contribution in [0.25, 0.3) is 11.4 Å². The highest BCUT2D eigenvalue weighted by molar-refractivity contribution is 5.99. The number of carbonyl (C=O) groups excluding carboxylic acids is 2. The quantitative estimate of drug-likeness (QED) is 0.581. The van der Waals surface area contributed by atoms with Crippen molar-refractivity contribution in [3.05, 3.63) is 70.9 Å². The maximum absolute atomic E-state index is 13.9. The van der Waals surface area contributed by atoms with Gasteiger partial charge in [-0.15, -0.1) is 0 Å². The van der Waals surface area contributed by atoms with Gasteiger partial charge in [0.1, 0.15) is 17.5 Å². The molecule has 0 bridgehead atoms. The third kappa shape index (κ3) is 4.21. The number of hydrogen-bond donors (Lipinski definition) is 0. The Bertz CT molecular complexity index is 1130. The Morgan fingerprint density at radius 3 is 2.35 bits per heavy atom. The van der Waals surface area contributed by atoms with Crippen LogP contribution >= 0.6 is 0 Å². The fraction of sp³-hybridized carbons (Fsp3) is 0.273. The maximum Gasteiger partial charge on any atom is 0.253 e. The zero-order chi connectivity index (χ0) is 22.1. The summed E-state index contributed by atoms with van der Waals surface area (Å²) >= 11 is 0. The molecular weight excluding hydrogens is 411 g/mol. The highest BCUT2D eigenvalue weighted by atomic mass is 19.1. The van der Waals surface area contributed by atoms with E-state index in [1.165, 1.54) is 0 Å². The van der Waals surface area contributed by atoms with Crippen LogP contribution in [0.3, 0.4) is 0 Å². The molecule has 1 aliphatic rings. The van der Waals surface area contributed by atoms with Crippen molar-refractivity contribution in [3.8, 4) is 11.4 Å². The number of aromatic nitrogens is 2. The number of ketones is 1. The molecule has 6 nitrogen and oxygen atoms in total. The van der Waals surface area contributed by atoms with E-state index in [1.807, 2.05) is 0 Å². The van der Waals surface area contributed by atoms with Crippen molar-refractivity contribution in [2.24, 2.45) is 5.92 Å². The first kappa shape index (κ1) is 20.8. The summed E-state index contributed by atoms with van der Waals surface area (Å²) in [4.78, 5) is 31.2. The molecule has 0 radical (unpaired) electrons. The normalized spacial score (nSPS) is 14.6. The molecular formula is C22H18F3N3O3. The Morgan fingerprint density at radius 1 is 1.06 bits per heavy atom. The number of carbonyl (C=O) groups is 2. The molecule has 0 unspecified atom stereocenters. The van der Waals surface area contributed by atoms with Crippen molar-refractivity contribution in [2.75, 3.05) is 13.1 Å². The number of aryl methyl sites for hydroxylation is 1. The summed E-state index contributed by atoms with van der Waals surface area (Å²) in [5.41, 5.74) is 0.338. The van der Waals surface area contributed by atoms with Crippen molar-refractivity contribution < 1.29 is 27.3 Å². The Labute approximate surface area is 175 Å². The lowest BCUT2D eigenvalue weighted by molar-refractivity contribution is 0.0647. The monoisotopic (exact) mass is 429 g/mol. The molecule has 31 heavy (non-hydrogen) atoms. The highest BCUT2D eigenvalue weighted by Gasteiger charge is 2.31. The first-order chi connectivity index (χ1) is 14.8. The number of likely N-dealkylation sites (tertiary alicyclic amines) is 1. The smallest absolute Gasteiger partial charge is 0.253 e. The van der Waals surface area contributed by atoms with Gasteiger partial charge in [0.15, 0.2) is 5.78 Å². The van der Waals surface area contributed by atoms with Crippen molar-refractivity contribution in [2.45, 2.75) is 19.8 Å². The average Bonchev–Trinajstić information content (AvgIpc) is 3.19. The number of nitrogens with zero attached hydrogens (tertiary/aromatic N) is 3. The second kappa shape index (κ2) is 8.33. The van der Waals surface area contributed by atoms with Crippen LogP contribution in [0.2, 0.25) is 0 Å². The first-order valence-corrected chi connectivity index (χ1v) is 9.72. The van der Waals surface area contributed by atoms with Gasteiger partial charge in [-0.1, -0.05) is 17.3 Å². The highest BCUT2D eigenvalue weighted by Crippen LogP contribution is 2.27. The molecule has 9 heteroatoms. The van der Waals surface area contributed by atoms with Crippen molar-refractivity contribution in [1.82, 2.24) is 15.0 Å². The summed E-state index contributed by atoms with van der Waals surface area (Å²) in [6.07, 6.45) is 0.509. The molecule has 1 saturated heterocycles. The van der Waals surface area contributed by atoms with Crippen LogP contribution < -0.4 is 0 Å². The zero-order valence-electron chi connectivity index (χ0n) is 16.6. The lowest BCUT2D eigenvalue weighted by Gasteiger charge is -2.31. The second-order valence-electron chi connectivity index (χ2n) is 7.39. The van der Waals surface area contributed by atoms with Crippen LogP contribution in [0.1, 0.15) is 39.4 Å². The third-order valence-corrected chi connectivity index (χ3v) is 5.30. The van der Waals surface area contributed by atoms with Crippen LogP contribution in [0, 0.1) is 30.3 Å². The number of benzene rings is 2. The van der Waals surface area contributed by atoms with E-state index in [1.54, 1.807) is 36.1 Å². The number of amides is 1. The topological polar surface area (TPSA) is 76.3 Å². The second-order valence-corrected chi connectivity index (χ2v) is 7.39. The minimum Gasteiger partial charge on any atom is -0.339 e. The zero-order valence-corrected chi connectivity index (χ0v) is 16.6. The first-order valence-electron chi connectivity index (χ1n) is 9.72. The number of piperidine rings is 1. The largest absolute Gasteiger partial charge is 0.339 e. The average molecular weight is 429 g/mol. The van der Waals surface area contributed by atoms with Gasteiger partial charge >= 0.3 is 0 Å². The van der Waals surface area contributed by atoms with Gasteiger partial charge in [0.05, 0.1) is 5.56 Å². The number of halogens is 3. The van der Waals surface area contributed by atoms with Crippen LogP contribution in [0.4, 0.5) is 13.2 Å². The molecule has 0 N–H and O–H groups in total. The summed E-state index contributed by atoms with van der Waals surface area (Å²) in [6, 6.07) is 7.79. The standard InChI is InChI=1S/C22H18F3N3O3/c1-12-26-21(27-31-12)14-3-2-4-15(9-14)22(30)28-7-5-13(6-8-28)20(29)19-17(24)10-16(23)11-18(19)25/h2-4,9-11,13H,5-8H2,1H3. The maximum atomic E-state index is 13.9. The van der Waals surface area contributed by atoms with E-state index in [4.69, 9.17) is 4.52 Å². The third-order valence-electron chi connectivity index (χ3n) is 5.30. The van der Waals surface area contributed by atoms with E-state index >= 15 is 0 Å². The molecule has 3 aromatic rings. The van der Waals surface area contributed by atoms with Gasteiger partial charge in [-0.3, -0.25) is 9.59 Å². The Kier molecular flexibility index (Phi) is 5.58. The molecule has 1 amide bonds. The Hall–Kier alpha value is -3.49. The van der Waals surface area contributed by atoms with Gasteiger partial charge in [-0.05, 0) is 25.0 Å². The minimum atomic E-state index is -1.21. The van der Waals surface area contributed by atoms with E-state index in [0.717, 1.165) is 0 Å². The van der Waals surface area contributed by atoms with Gasteiger partial charge in [0.25, 0.3) is 5.91 Å². The number of rotatable bonds is 4. The molecule has 0 saturated carbocycles. The van der Waals surface area contributed by atoms with E-state index in [2.05, 4.69) is 10.1 Å². The molecule has 1 fully saturated rings. The van der Waals surface area contributed by atoms with Crippen molar-refractivity contribution in [1.29, 1.82) is 0 Å².